The number of likely N-dealkylation sites (N-methyl/N-ethyl adjacent to an activating group) is 2. The number of alkyl halides is 9. The number of carbonyl (C=O) groups is 7. The molecule has 1 aromatic heterocycles. The van der Waals surface area contributed by atoms with Crippen LogP contribution >= 0.6 is 0 Å². The van der Waals surface area contributed by atoms with Crippen LogP contribution < -0.4 is 20.9 Å². The van der Waals surface area contributed by atoms with Crippen molar-refractivity contribution in [1.29, 1.82) is 0 Å². The maximum atomic E-state index is 12.8. The topological polar surface area (TPSA) is 257 Å². The van der Waals surface area contributed by atoms with Gasteiger partial charge in [0.2, 0.25) is 11.8 Å². The molecule has 4 rings (SSSR count). The number of aromatic nitrogens is 1. The lowest BCUT2D eigenvalue weighted by atomic mass is 10.1. The summed E-state index contributed by atoms with van der Waals surface area (Å²) >= 11 is 0. The standard InChI is InChI=1S/C37H47N7O6.3C2HF3O2/c1-7-49-35(47)23-43(5)19-17-33(45)38-26-11-15-29-31(21-26)41-32-22-27(39-34(46)18-20-44(6)24-36(48)50-8-2)12-16-30(32)37(29)40-25-9-13-28(14-10-25)42(3)4;3*3-2(4,5)1(6)7/h9-16,21-22H,7-8,17-20,23-24H2,1-6H3,(H,38,45)(H,39,46)(H,40,41);3*(H,6,7). The van der Waals surface area contributed by atoms with Gasteiger partial charge < -0.3 is 45.6 Å². The fraction of sp³-hybridized carbons (Fsp3) is 0.395. The van der Waals surface area contributed by atoms with Crippen LogP contribution in [0.4, 0.5) is 68.0 Å². The van der Waals surface area contributed by atoms with E-state index in [1.54, 1.807) is 37.7 Å². The van der Waals surface area contributed by atoms with Crippen molar-refractivity contribution in [1.82, 2.24) is 14.8 Å². The number of nitrogens with one attached hydrogen (secondary N) is 3. The normalized spacial score (nSPS) is 11.2. The molecule has 19 nitrogen and oxygen atoms in total. The number of anilines is 5. The molecule has 0 saturated heterocycles. The molecule has 0 aliphatic rings. The average molecular weight is 1030 g/mol. The van der Waals surface area contributed by atoms with E-state index >= 15 is 0 Å². The first-order chi connectivity index (χ1) is 32.8. The van der Waals surface area contributed by atoms with E-state index in [-0.39, 0.29) is 49.7 Å². The molecular weight excluding hydrogens is 977 g/mol. The van der Waals surface area contributed by atoms with E-state index < -0.39 is 36.4 Å². The highest BCUT2D eigenvalue weighted by atomic mass is 19.4. The summed E-state index contributed by atoms with van der Waals surface area (Å²) < 4.78 is 105. The Morgan fingerprint density at radius 3 is 1.17 bits per heavy atom. The summed E-state index contributed by atoms with van der Waals surface area (Å²) in [7, 11) is 7.50. The average Bonchev–Trinajstić information content (AvgIpc) is 3.24. The van der Waals surface area contributed by atoms with Crippen LogP contribution in [0.5, 0.6) is 0 Å². The number of aliphatic carboxylic acids is 3. The smallest absolute Gasteiger partial charge is 0.475 e. The van der Waals surface area contributed by atoms with Gasteiger partial charge in [-0.05, 0) is 88.6 Å². The minimum atomic E-state index is -5.08. The highest BCUT2D eigenvalue weighted by Gasteiger charge is 2.39. The first-order valence-corrected chi connectivity index (χ1v) is 20.4. The third-order valence-corrected chi connectivity index (χ3v) is 8.57. The van der Waals surface area contributed by atoms with Gasteiger partial charge in [0.05, 0.1) is 43.0 Å². The molecule has 1 heterocycles. The van der Waals surface area contributed by atoms with Crippen molar-refractivity contribution in [2.45, 2.75) is 45.2 Å². The van der Waals surface area contributed by atoms with Gasteiger partial charge in [-0.25, -0.2) is 19.4 Å². The van der Waals surface area contributed by atoms with Crippen LogP contribution in [-0.2, 0) is 43.0 Å². The van der Waals surface area contributed by atoms with Gasteiger partial charge in [0.25, 0.3) is 0 Å². The van der Waals surface area contributed by atoms with E-state index in [1.807, 2.05) is 79.7 Å². The Kier molecular flexibility index (Phi) is 24.5. The van der Waals surface area contributed by atoms with Gasteiger partial charge in [0, 0.05) is 73.5 Å². The second-order valence-corrected chi connectivity index (χ2v) is 14.6. The van der Waals surface area contributed by atoms with Gasteiger partial charge in [-0.1, -0.05) is 0 Å². The Labute approximate surface area is 398 Å². The summed E-state index contributed by atoms with van der Waals surface area (Å²) in [5, 5.41) is 32.5. The Morgan fingerprint density at radius 2 is 0.873 bits per heavy atom. The number of halogens is 9. The van der Waals surface area contributed by atoms with Gasteiger partial charge >= 0.3 is 48.4 Å². The molecule has 0 radical (unpaired) electrons. The van der Waals surface area contributed by atoms with Gasteiger partial charge in [-0.15, -0.1) is 0 Å². The molecule has 2 amide bonds. The van der Waals surface area contributed by atoms with E-state index in [2.05, 4.69) is 16.0 Å². The Morgan fingerprint density at radius 1 is 0.549 bits per heavy atom. The monoisotopic (exact) mass is 1030 g/mol. The number of rotatable bonds is 17. The molecule has 0 aliphatic heterocycles. The SMILES string of the molecule is CCOC(=O)CN(C)CCC(=O)Nc1ccc2c(Nc3ccc(N(C)C)cc3)c3ccc(NC(=O)CCN(C)CC(=O)OCC)cc3nc2c1.O=C(O)C(F)(F)F.O=C(O)C(F)(F)F.O=C(O)C(F)(F)F. The molecule has 0 unspecified atom stereocenters. The highest BCUT2D eigenvalue weighted by molar-refractivity contribution is 6.10. The number of carbonyl (C=O) groups excluding carboxylic acids is 4. The largest absolute Gasteiger partial charge is 0.490 e. The number of fused-ring (bicyclic) bond motifs is 2. The van der Waals surface area contributed by atoms with Crippen LogP contribution in [0.3, 0.4) is 0 Å². The second kappa shape index (κ2) is 28.2. The number of ether oxygens (including phenoxy) is 2. The molecule has 3 aromatic carbocycles. The van der Waals surface area contributed by atoms with Crippen molar-refractivity contribution in [3.63, 3.8) is 0 Å². The van der Waals surface area contributed by atoms with Crippen LogP contribution in [0.15, 0.2) is 60.7 Å². The number of hydrogen-bond donors (Lipinski definition) is 6. The van der Waals surface area contributed by atoms with Crippen LogP contribution in [0, 0.1) is 0 Å². The van der Waals surface area contributed by atoms with Crippen LogP contribution in [-0.4, -0.2) is 158 Å². The van der Waals surface area contributed by atoms with E-state index in [0.717, 1.165) is 27.8 Å². The minimum Gasteiger partial charge on any atom is -0.475 e. The van der Waals surface area contributed by atoms with Gasteiger partial charge in [0.1, 0.15) is 0 Å². The number of amides is 2. The molecular formula is C43H50F9N7O12. The van der Waals surface area contributed by atoms with Crippen molar-refractivity contribution in [2.24, 2.45) is 0 Å². The number of hydrogen-bond acceptors (Lipinski definition) is 14. The Hall–Kier alpha value is -7.49. The van der Waals surface area contributed by atoms with Crippen molar-refractivity contribution >= 4 is 91.9 Å². The molecule has 6 N–H and O–H groups in total. The van der Waals surface area contributed by atoms with E-state index in [1.165, 1.54) is 0 Å². The molecule has 0 fully saturated rings. The first kappa shape index (κ1) is 61.5. The minimum absolute atomic E-state index is 0.108. The number of carboxylic acid groups (broad SMARTS) is 3. The molecule has 0 spiro atoms. The molecule has 0 atom stereocenters. The summed E-state index contributed by atoms with van der Waals surface area (Å²) in [5.74, 6) is -9.33. The van der Waals surface area contributed by atoms with Crippen LogP contribution in [0.25, 0.3) is 21.8 Å². The Bertz CT molecular complexity index is 2290. The predicted molar refractivity (Wildman–Crippen MR) is 239 cm³/mol. The van der Waals surface area contributed by atoms with Crippen molar-refractivity contribution in [3.05, 3.63) is 60.7 Å². The summed E-state index contributed by atoms with van der Waals surface area (Å²) in [6, 6.07) is 19.2. The highest BCUT2D eigenvalue weighted by Crippen LogP contribution is 2.36. The maximum absolute atomic E-state index is 12.8. The summed E-state index contributed by atoms with van der Waals surface area (Å²) in [4.78, 5) is 86.3. The van der Waals surface area contributed by atoms with E-state index in [4.69, 9.17) is 44.2 Å². The van der Waals surface area contributed by atoms with Gasteiger partial charge in [-0.2, -0.15) is 39.5 Å². The fourth-order valence-corrected chi connectivity index (χ4v) is 5.27. The molecule has 4 aromatic rings. The predicted octanol–water partition coefficient (Wildman–Crippen LogP) is 6.74. The summed E-state index contributed by atoms with van der Waals surface area (Å²) in [6.45, 7) is 5.12. The van der Waals surface area contributed by atoms with Crippen molar-refractivity contribution in [2.75, 3.05) is 88.4 Å². The lowest BCUT2D eigenvalue weighted by Crippen LogP contribution is -2.30. The van der Waals surface area contributed by atoms with Gasteiger partial charge in [0.15, 0.2) is 0 Å². The number of esters is 2. The molecule has 0 bridgehead atoms. The molecule has 28 heteroatoms. The number of pyridine rings is 1. The number of carboxylic acids is 3. The van der Waals surface area contributed by atoms with Crippen molar-refractivity contribution in [3.8, 4) is 0 Å². The quantitative estimate of drug-likeness (QED) is 0.0363. The Balaban J connectivity index is 0.000000996. The van der Waals surface area contributed by atoms with Gasteiger partial charge in [-0.3, -0.25) is 29.0 Å². The molecule has 392 valence electrons. The summed E-state index contributed by atoms with van der Waals surface area (Å²) in [6.07, 6.45) is -14.9. The zero-order valence-electron chi connectivity index (χ0n) is 38.6. The molecule has 0 saturated carbocycles. The lowest BCUT2D eigenvalue weighted by molar-refractivity contribution is -0.193. The van der Waals surface area contributed by atoms with Crippen molar-refractivity contribution < 1.29 is 97.9 Å². The zero-order chi connectivity index (χ0) is 54.4. The molecule has 71 heavy (non-hydrogen) atoms. The molecule has 0 aliphatic carbocycles. The second-order valence-electron chi connectivity index (χ2n) is 14.6. The lowest BCUT2D eigenvalue weighted by Gasteiger charge is -2.17. The zero-order valence-corrected chi connectivity index (χ0v) is 38.6. The third kappa shape index (κ3) is 23.6. The van der Waals surface area contributed by atoms with Crippen LogP contribution in [0.2, 0.25) is 0 Å². The fourth-order valence-electron chi connectivity index (χ4n) is 5.27. The number of nitrogens with zero attached hydrogens (tertiary/aromatic N) is 4. The van der Waals surface area contributed by atoms with E-state index in [0.29, 0.717) is 48.7 Å². The first-order valence-electron chi connectivity index (χ1n) is 20.4. The maximum Gasteiger partial charge on any atom is 0.490 e. The third-order valence-electron chi connectivity index (χ3n) is 8.57. The van der Waals surface area contributed by atoms with E-state index in [9.17, 15) is 58.7 Å². The summed E-state index contributed by atoms with van der Waals surface area (Å²) in [5.41, 5.74) is 5.25. The van der Waals surface area contributed by atoms with Crippen LogP contribution in [0.1, 0.15) is 26.7 Å². The number of benzene rings is 3.